The van der Waals surface area contributed by atoms with Crippen molar-refractivity contribution in [3.8, 4) is 0 Å². The molecule has 22 heavy (non-hydrogen) atoms. The van der Waals surface area contributed by atoms with E-state index in [0.29, 0.717) is 40.5 Å². The molecule has 1 N–H and O–H groups in total. The van der Waals surface area contributed by atoms with Crippen molar-refractivity contribution in [2.45, 2.75) is 25.7 Å². The van der Waals surface area contributed by atoms with Gasteiger partial charge in [-0.15, -0.1) is 0 Å². The van der Waals surface area contributed by atoms with Crippen molar-refractivity contribution in [3.05, 3.63) is 23.5 Å². The van der Waals surface area contributed by atoms with Crippen LogP contribution in [-0.4, -0.2) is 38.4 Å². The minimum Gasteiger partial charge on any atom is -0.274 e. The van der Waals surface area contributed by atoms with Crippen LogP contribution in [0, 0.1) is 17.8 Å². The van der Waals surface area contributed by atoms with Gasteiger partial charge < -0.3 is 0 Å². The molecule has 0 saturated heterocycles. The Bertz CT molecular complexity index is 812. The van der Waals surface area contributed by atoms with Gasteiger partial charge in [0.2, 0.25) is 0 Å². The predicted octanol–water partition coefficient (Wildman–Crippen LogP) is 1.99. The van der Waals surface area contributed by atoms with E-state index >= 15 is 0 Å². The summed E-state index contributed by atoms with van der Waals surface area (Å²) in [6, 6.07) is 0. The smallest absolute Gasteiger partial charge is 0.263 e. The number of carbonyl (C=O) groups excluding carboxylic acids is 2. The van der Waals surface area contributed by atoms with E-state index in [1.807, 2.05) is 0 Å². The molecule has 1 unspecified atom stereocenters. The van der Waals surface area contributed by atoms with Crippen molar-refractivity contribution in [2.75, 3.05) is 6.54 Å². The van der Waals surface area contributed by atoms with Crippen molar-refractivity contribution in [1.82, 2.24) is 20.1 Å². The summed E-state index contributed by atoms with van der Waals surface area (Å²) >= 11 is 0. The number of fused-ring (bicyclic) bond motifs is 5. The van der Waals surface area contributed by atoms with E-state index in [1.165, 1.54) is 30.4 Å². The summed E-state index contributed by atoms with van der Waals surface area (Å²) in [5, 5.41) is 7.32. The summed E-state index contributed by atoms with van der Waals surface area (Å²) in [7, 11) is 0. The number of nitrogens with zero attached hydrogens (tertiary/aromatic N) is 3. The van der Waals surface area contributed by atoms with Crippen LogP contribution in [0.25, 0.3) is 11.0 Å². The number of amides is 2. The lowest BCUT2D eigenvalue weighted by atomic mass is 9.88. The highest BCUT2D eigenvalue weighted by Crippen LogP contribution is 2.49. The highest BCUT2D eigenvalue weighted by molar-refractivity contribution is 6.25. The molecule has 2 bridgehead atoms. The average Bonchev–Trinajstić information content (AvgIpc) is 3.27. The van der Waals surface area contributed by atoms with E-state index in [2.05, 4.69) is 15.2 Å². The van der Waals surface area contributed by atoms with E-state index < -0.39 is 0 Å². The number of rotatable bonds is 2. The number of imide groups is 1. The molecule has 6 nitrogen and oxygen atoms in total. The van der Waals surface area contributed by atoms with E-state index in [9.17, 15) is 9.59 Å². The number of pyridine rings is 1. The van der Waals surface area contributed by atoms with E-state index in [-0.39, 0.29) is 11.8 Å². The SMILES string of the molecule is O=C1c2cnc3[nH]ncc3c2C(=O)N1CC1C[C@H]2CC[C@@H]1C2. The van der Waals surface area contributed by atoms with Gasteiger partial charge in [-0.25, -0.2) is 4.98 Å². The summed E-state index contributed by atoms with van der Waals surface area (Å²) < 4.78 is 0. The summed E-state index contributed by atoms with van der Waals surface area (Å²) in [6.45, 7) is 0.562. The topological polar surface area (TPSA) is 79.0 Å². The van der Waals surface area contributed by atoms with Crippen LogP contribution >= 0.6 is 0 Å². The van der Waals surface area contributed by atoms with Gasteiger partial charge in [-0.2, -0.15) is 5.10 Å². The van der Waals surface area contributed by atoms with Gasteiger partial charge in [-0.3, -0.25) is 19.6 Å². The molecule has 1 aliphatic heterocycles. The quantitative estimate of drug-likeness (QED) is 0.860. The number of nitrogens with one attached hydrogen (secondary N) is 1. The Balaban J connectivity index is 1.51. The van der Waals surface area contributed by atoms with Gasteiger partial charge in [0.25, 0.3) is 11.8 Å². The number of hydrogen-bond donors (Lipinski definition) is 1. The van der Waals surface area contributed by atoms with Crippen molar-refractivity contribution in [2.24, 2.45) is 17.8 Å². The fraction of sp³-hybridized carbons (Fsp3) is 0.500. The normalized spacial score (nSPS) is 29.8. The molecule has 2 fully saturated rings. The summed E-state index contributed by atoms with van der Waals surface area (Å²) in [5.41, 5.74) is 1.44. The van der Waals surface area contributed by atoms with Crippen LogP contribution in [0.15, 0.2) is 12.4 Å². The average molecular weight is 296 g/mol. The van der Waals surface area contributed by atoms with Crippen molar-refractivity contribution < 1.29 is 9.59 Å². The molecular formula is C16H16N4O2. The molecule has 0 radical (unpaired) electrons. The number of carbonyl (C=O) groups is 2. The van der Waals surface area contributed by atoms with Crippen molar-refractivity contribution >= 4 is 22.8 Å². The molecule has 2 aromatic heterocycles. The Labute approximate surface area is 126 Å². The number of hydrogen-bond acceptors (Lipinski definition) is 4. The van der Waals surface area contributed by atoms with E-state index in [4.69, 9.17) is 0 Å². The van der Waals surface area contributed by atoms with Crippen LogP contribution in [-0.2, 0) is 0 Å². The second-order valence-electron chi connectivity index (χ2n) is 6.84. The zero-order chi connectivity index (χ0) is 14.8. The lowest BCUT2D eigenvalue weighted by molar-refractivity contribution is 0.0611. The maximum absolute atomic E-state index is 12.7. The van der Waals surface area contributed by atoms with Crippen LogP contribution in [0.3, 0.4) is 0 Å². The summed E-state index contributed by atoms with van der Waals surface area (Å²) in [6.07, 6.45) is 8.10. The fourth-order valence-electron chi connectivity index (χ4n) is 4.66. The molecule has 2 saturated carbocycles. The Morgan fingerprint density at radius 3 is 2.86 bits per heavy atom. The van der Waals surface area contributed by atoms with Gasteiger partial charge in [-0.1, -0.05) is 6.42 Å². The number of aromatic amines is 1. The van der Waals surface area contributed by atoms with Crippen LogP contribution in [0.4, 0.5) is 0 Å². The van der Waals surface area contributed by atoms with Gasteiger partial charge in [0.1, 0.15) is 0 Å². The first-order valence-corrected chi connectivity index (χ1v) is 7.90. The van der Waals surface area contributed by atoms with Gasteiger partial charge in [0.15, 0.2) is 5.65 Å². The molecular weight excluding hydrogens is 280 g/mol. The lowest BCUT2D eigenvalue weighted by Gasteiger charge is -2.25. The number of aromatic nitrogens is 3. The standard InChI is InChI=1S/C16H16N4O2/c21-15-12-5-17-14-11(6-18-19-14)13(12)16(22)20(15)7-10-4-8-1-2-9(10)3-8/h5-6,8-10H,1-4,7H2,(H,17,18,19)/t8-,9+,10?/m0/s1. The molecule has 112 valence electrons. The Hall–Kier alpha value is -2.24. The van der Waals surface area contributed by atoms with Crippen molar-refractivity contribution in [1.29, 1.82) is 0 Å². The maximum Gasteiger partial charge on any atom is 0.263 e. The largest absolute Gasteiger partial charge is 0.274 e. The van der Waals surface area contributed by atoms with Gasteiger partial charge in [-0.05, 0) is 37.0 Å². The molecule has 6 heteroatoms. The third-order valence-electron chi connectivity index (χ3n) is 5.72. The Morgan fingerprint density at radius 1 is 1.18 bits per heavy atom. The second kappa shape index (κ2) is 4.15. The first kappa shape index (κ1) is 12.3. The highest BCUT2D eigenvalue weighted by Gasteiger charge is 2.44. The molecule has 3 heterocycles. The monoisotopic (exact) mass is 296 g/mol. The van der Waals surface area contributed by atoms with Crippen LogP contribution in [0.5, 0.6) is 0 Å². The second-order valence-corrected chi connectivity index (χ2v) is 6.84. The minimum absolute atomic E-state index is 0.184. The molecule has 5 rings (SSSR count). The molecule has 0 aromatic carbocycles. The zero-order valence-electron chi connectivity index (χ0n) is 12.1. The van der Waals surface area contributed by atoms with E-state index in [1.54, 1.807) is 6.20 Å². The molecule has 3 aliphatic rings. The van der Waals surface area contributed by atoms with Gasteiger partial charge in [0, 0.05) is 12.7 Å². The van der Waals surface area contributed by atoms with Gasteiger partial charge >= 0.3 is 0 Å². The Kier molecular flexibility index (Phi) is 2.32. The Morgan fingerprint density at radius 2 is 2.09 bits per heavy atom. The predicted molar refractivity (Wildman–Crippen MR) is 78.2 cm³/mol. The summed E-state index contributed by atoms with van der Waals surface area (Å²) in [4.78, 5) is 31.0. The first-order chi connectivity index (χ1) is 10.7. The van der Waals surface area contributed by atoms with Crippen LogP contribution in [0.1, 0.15) is 46.4 Å². The maximum atomic E-state index is 12.7. The molecule has 3 atom stereocenters. The van der Waals surface area contributed by atoms with E-state index in [0.717, 1.165) is 12.3 Å². The molecule has 2 aromatic rings. The molecule has 2 amide bonds. The molecule has 2 aliphatic carbocycles. The summed E-state index contributed by atoms with van der Waals surface area (Å²) in [5.74, 6) is 1.61. The third kappa shape index (κ3) is 1.50. The fourth-order valence-corrected chi connectivity index (χ4v) is 4.66. The van der Waals surface area contributed by atoms with Gasteiger partial charge in [0.05, 0.1) is 22.7 Å². The highest BCUT2D eigenvalue weighted by atomic mass is 16.2. The van der Waals surface area contributed by atoms with Crippen LogP contribution in [0.2, 0.25) is 0 Å². The lowest BCUT2D eigenvalue weighted by Crippen LogP contribution is -2.36. The minimum atomic E-state index is -0.196. The van der Waals surface area contributed by atoms with Crippen LogP contribution < -0.4 is 0 Å². The molecule has 0 spiro atoms. The third-order valence-corrected chi connectivity index (χ3v) is 5.72. The number of H-pyrrole nitrogens is 1. The first-order valence-electron chi connectivity index (χ1n) is 7.90. The zero-order valence-corrected chi connectivity index (χ0v) is 12.1. The van der Waals surface area contributed by atoms with Crippen molar-refractivity contribution in [3.63, 3.8) is 0 Å².